The highest BCUT2D eigenvalue weighted by Gasteiger charge is 2.30. The van der Waals surface area contributed by atoms with Crippen LogP contribution in [0.1, 0.15) is 44.0 Å². The molecule has 2 amide bonds. The van der Waals surface area contributed by atoms with E-state index in [1.807, 2.05) is 22.4 Å². The summed E-state index contributed by atoms with van der Waals surface area (Å²) in [6, 6.07) is 3.77. The molecule has 7 heteroatoms. The first-order valence-electron chi connectivity index (χ1n) is 7.81. The third-order valence-corrected chi connectivity index (χ3v) is 5.20. The van der Waals surface area contributed by atoms with Gasteiger partial charge in [0.05, 0.1) is 12.5 Å². The first kappa shape index (κ1) is 19.9. The number of thiophene rings is 1. The molecule has 0 radical (unpaired) electrons. The average Bonchev–Trinajstić information content (AvgIpc) is 2.99. The van der Waals surface area contributed by atoms with Gasteiger partial charge in [-0.15, -0.1) is 23.7 Å². The highest BCUT2D eigenvalue weighted by molar-refractivity contribution is 7.10. The van der Waals surface area contributed by atoms with Gasteiger partial charge in [-0.2, -0.15) is 0 Å². The molecule has 23 heavy (non-hydrogen) atoms. The predicted octanol–water partition coefficient (Wildman–Crippen LogP) is 2.32. The lowest BCUT2D eigenvalue weighted by Crippen LogP contribution is -2.50. The van der Waals surface area contributed by atoms with E-state index in [9.17, 15) is 9.59 Å². The Balaban J connectivity index is 0.00000264. The predicted molar refractivity (Wildman–Crippen MR) is 95.7 cm³/mol. The Bertz CT molecular complexity index is 509. The minimum atomic E-state index is -0.247. The van der Waals surface area contributed by atoms with Crippen LogP contribution in [0.2, 0.25) is 0 Å². The molecule has 1 aromatic rings. The summed E-state index contributed by atoms with van der Waals surface area (Å²) in [5, 5.41) is 4.84. The number of carbonyl (C=O) groups is 2. The Labute approximate surface area is 148 Å². The number of amides is 2. The smallest absolute Gasteiger partial charge is 0.225 e. The normalized spacial score (nSPS) is 22.1. The number of hydrogen-bond donors (Lipinski definition) is 2. The second-order valence-electron chi connectivity index (χ2n) is 6.08. The summed E-state index contributed by atoms with van der Waals surface area (Å²) < 4.78 is 0. The molecule has 0 aromatic carbocycles. The summed E-state index contributed by atoms with van der Waals surface area (Å²) >= 11 is 1.56. The van der Waals surface area contributed by atoms with E-state index in [4.69, 9.17) is 5.73 Å². The van der Waals surface area contributed by atoms with Gasteiger partial charge in [-0.1, -0.05) is 13.0 Å². The van der Waals surface area contributed by atoms with E-state index in [0.29, 0.717) is 18.9 Å². The summed E-state index contributed by atoms with van der Waals surface area (Å²) in [5.41, 5.74) is 5.84. The van der Waals surface area contributed by atoms with Gasteiger partial charge in [0.15, 0.2) is 0 Å². The highest BCUT2D eigenvalue weighted by Crippen LogP contribution is 2.26. The number of carbonyl (C=O) groups excluding carboxylic acids is 2. The van der Waals surface area contributed by atoms with Crippen molar-refractivity contribution in [2.75, 3.05) is 13.1 Å². The van der Waals surface area contributed by atoms with Crippen molar-refractivity contribution in [3.8, 4) is 0 Å². The lowest BCUT2D eigenvalue weighted by atomic mass is 9.92. The number of nitrogens with zero attached hydrogens (tertiary/aromatic N) is 1. The van der Waals surface area contributed by atoms with Gasteiger partial charge in [-0.3, -0.25) is 9.59 Å². The number of nitrogens with two attached hydrogens (primary N) is 1. The molecule has 5 nitrogen and oxygen atoms in total. The molecular formula is C16H26ClN3O2S. The van der Waals surface area contributed by atoms with Crippen LogP contribution in [0.4, 0.5) is 0 Å². The van der Waals surface area contributed by atoms with Crippen LogP contribution in [-0.2, 0) is 9.59 Å². The fourth-order valence-corrected chi connectivity index (χ4v) is 3.83. The standard InChI is InChI=1S/C16H25N3O2S.ClH/c1-11-5-6-19(13(8-11)10-17)16(21)9-14(18-12(2)20)15-4-3-7-22-15;/h3-4,7,11,13-14H,5-6,8-10,17H2,1-2H3,(H,18,20);1H. The molecule has 130 valence electrons. The van der Waals surface area contributed by atoms with Crippen molar-refractivity contribution in [1.29, 1.82) is 0 Å². The Morgan fingerprint density at radius 3 is 2.83 bits per heavy atom. The summed E-state index contributed by atoms with van der Waals surface area (Å²) in [4.78, 5) is 27.0. The molecule has 3 N–H and O–H groups in total. The van der Waals surface area contributed by atoms with Crippen LogP contribution in [0.15, 0.2) is 17.5 Å². The molecule has 1 aromatic heterocycles. The molecule has 1 aliphatic rings. The Kier molecular flexibility index (Phi) is 8.02. The van der Waals surface area contributed by atoms with E-state index >= 15 is 0 Å². The first-order valence-corrected chi connectivity index (χ1v) is 8.69. The maximum atomic E-state index is 12.7. The number of likely N-dealkylation sites (tertiary alicyclic amines) is 1. The minimum absolute atomic E-state index is 0. The highest BCUT2D eigenvalue weighted by atomic mass is 35.5. The van der Waals surface area contributed by atoms with E-state index in [1.165, 1.54) is 6.92 Å². The van der Waals surface area contributed by atoms with Gasteiger partial charge in [0, 0.05) is 30.9 Å². The topological polar surface area (TPSA) is 75.4 Å². The zero-order valence-electron chi connectivity index (χ0n) is 13.7. The van der Waals surface area contributed by atoms with Crippen LogP contribution in [0, 0.1) is 5.92 Å². The Hall–Kier alpha value is -1.11. The number of rotatable bonds is 5. The molecule has 3 unspecified atom stereocenters. The third kappa shape index (κ3) is 5.48. The maximum Gasteiger partial charge on any atom is 0.225 e. The van der Waals surface area contributed by atoms with E-state index in [-0.39, 0.29) is 36.3 Å². The van der Waals surface area contributed by atoms with Crippen molar-refractivity contribution in [3.05, 3.63) is 22.4 Å². The van der Waals surface area contributed by atoms with Crippen LogP contribution in [-0.4, -0.2) is 35.8 Å². The van der Waals surface area contributed by atoms with Crippen molar-refractivity contribution in [2.24, 2.45) is 11.7 Å². The summed E-state index contributed by atoms with van der Waals surface area (Å²) in [5.74, 6) is 0.573. The average molecular weight is 360 g/mol. The van der Waals surface area contributed by atoms with Crippen molar-refractivity contribution in [1.82, 2.24) is 10.2 Å². The quantitative estimate of drug-likeness (QED) is 0.847. The SMILES string of the molecule is CC(=O)NC(CC(=O)N1CCC(C)CC1CN)c1cccs1.Cl. The largest absolute Gasteiger partial charge is 0.348 e. The molecule has 2 heterocycles. The van der Waals surface area contributed by atoms with Crippen LogP contribution in [0.25, 0.3) is 0 Å². The second kappa shape index (κ2) is 9.25. The van der Waals surface area contributed by atoms with Gasteiger partial charge >= 0.3 is 0 Å². The lowest BCUT2D eigenvalue weighted by molar-refractivity contribution is -0.136. The van der Waals surface area contributed by atoms with E-state index in [0.717, 1.165) is 24.3 Å². The van der Waals surface area contributed by atoms with Gasteiger partial charge in [0.2, 0.25) is 11.8 Å². The summed E-state index contributed by atoms with van der Waals surface area (Å²) in [7, 11) is 0. The van der Waals surface area contributed by atoms with Crippen LogP contribution in [0.3, 0.4) is 0 Å². The Morgan fingerprint density at radius 1 is 1.52 bits per heavy atom. The summed E-state index contributed by atoms with van der Waals surface area (Å²) in [6.07, 6.45) is 2.28. The first-order chi connectivity index (χ1) is 10.5. The van der Waals surface area contributed by atoms with E-state index in [1.54, 1.807) is 11.3 Å². The molecule has 0 saturated carbocycles. The lowest BCUT2D eigenvalue weighted by Gasteiger charge is -2.38. The van der Waals surface area contributed by atoms with Crippen LogP contribution < -0.4 is 11.1 Å². The molecule has 3 atom stereocenters. The molecule has 2 rings (SSSR count). The van der Waals surface area contributed by atoms with Gasteiger partial charge in [-0.25, -0.2) is 0 Å². The van der Waals surface area contributed by atoms with Crippen LogP contribution >= 0.6 is 23.7 Å². The van der Waals surface area contributed by atoms with Crippen molar-refractivity contribution in [2.45, 2.75) is 45.2 Å². The molecule has 1 aliphatic heterocycles. The van der Waals surface area contributed by atoms with Crippen molar-refractivity contribution in [3.63, 3.8) is 0 Å². The zero-order valence-corrected chi connectivity index (χ0v) is 15.3. The maximum absolute atomic E-state index is 12.7. The molecule has 0 aliphatic carbocycles. The molecule has 0 bridgehead atoms. The molecule has 1 saturated heterocycles. The molecule has 1 fully saturated rings. The van der Waals surface area contributed by atoms with Gasteiger partial charge < -0.3 is 16.0 Å². The van der Waals surface area contributed by atoms with Crippen molar-refractivity contribution >= 4 is 35.6 Å². The van der Waals surface area contributed by atoms with Crippen LogP contribution in [0.5, 0.6) is 0 Å². The summed E-state index contributed by atoms with van der Waals surface area (Å²) in [6.45, 7) is 4.95. The zero-order chi connectivity index (χ0) is 16.1. The fraction of sp³-hybridized carbons (Fsp3) is 0.625. The number of nitrogens with one attached hydrogen (secondary N) is 1. The van der Waals surface area contributed by atoms with E-state index < -0.39 is 0 Å². The number of halogens is 1. The van der Waals surface area contributed by atoms with Crippen molar-refractivity contribution < 1.29 is 9.59 Å². The molecular weight excluding hydrogens is 334 g/mol. The third-order valence-electron chi connectivity index (χ3n) is 4.21. The minimum Gasteiger partial charge on any atom is -0.348 e. The second-order valence-corrected chi connectivity index (χ2v) is 7.06. The molecule has 0 spiro atoms. The number of hydrogen-bond acceptors (Lipinski definition) is 4. The van der Waals surface area contributed by atoms with Gasteiger partial charge in [0.1, 0.15) is 0 Å². The van der Waals surface area contributed by atoms with Gasteiger partial charge in [-0.05, 0) is 30.2 Å². The Morgan fingerprint density at radius 2 is 2.26 bits per heavy atom. The van der Waals surface area contributed by atoms with Gasteiger partial charge in [0.25, 0.3) is 0 Å². The van der Waals surface area contributed by atoms with E-state index in [2.05, 4.69) is 12.2 Å². The monoisotopic (exact) mass is 359 g/mol. The fourth-order valence-electron chi connectivity index (χ4n) is 3.05. The number of piperidine rings is 1.